The number of rotatable bonds is 6. The number of aliphatic hydroxyl groups is 1. The molecule has 1 saturated heterocycles. The molecule has 1 aliphatic heterocycles. The summed E-state index contributed by atoms with van der Waals surface area (Å²) in [5.74, 6) is -0.868. The third-order valence-corrected chi connectivity index (χ3v) is 5.85. The first kappa shape index (κ1) is 22.1. The van der Waals surface area contributed by atoms with Crippen LogP contribution < -0.4 is 14.4 Å². The van der Waals surface area contributed by atoms with Gasteiger partial charge in [0.1, 0.15) is 17.3 Å². The van der Waals surface area contributed by atoms with Crippen molar-refractivity contribution in [2.45, 2.75) is 19.4 Å². The van der Waals surface area contributed by atoms with Crippen LogP contribution in [0.3, 0.4) is 0 Å². The first-order valence-corrected chi connectivity index (χ1v) is 10.7. The Hall–Kier alpha value is -4.06. The van der Waals surface area contributed by atoms with Crippen molar-refractivity contribution in [2.75, 3.05) is 19.1 Å². The number of ketones is 1. The number of carbonyl (C=O) groups excluding carboxylic acids is 2. The number of hydrogen-bond donors (Lipinski definition) is 1. The second-order valence-electron chi connectivity index (χ2n) is 7.67. The summed E-state index contributed by atoms with van der Waals surface area (Å²) in [4.78, 5) is 27.9. The van der Waals surface area contributed by atoms with Crippen LogP contribution in [-0.4, -0.2) is 31.0 Å². The highest BCUT2D eigenvalue weighted by Gasteiger charge is 2.47. The second-order valence-corrected chi connectivity index (χ2v) is 7.67. The van der Waals surface area contributed by atoms with Crippen molar-refractivity contribution in [3.63, 3.8) is 0 Å². The van der Waals surface area contributed by atoms with E-state index in [9.17, 15) is 14.7 Å². The molecular weight excluding hydrogens is 418 g/mol. The smallest absolute Gasteiger partial charge is 0.300 e. The quantitative estimate of drug-likeness (QED) is 0.333. The van der Waals surface area contributed by atoms with Gasteiger partial charge in [-0.3, -0.25) is 14.5 Å². The normalized spacial score (nSPS) is 17.3. The van der Waals surface area contributed by atoms with Gasteiger partial charge in [0.05, 0.1) is 31.4 Å². The molecule has 1 unspecified atom stereocenters. The van der Waals surface area contributed by atoms with Gasteiger partial charge < -0.3 is 14.6 Å². The number of benzene rings is 3. The van der Waals surface area contributed by atoms with Crippen LogP contribution in [0.15, 0.2) is 78.4 Å². The van der Waals surface area contributed by atoms with Gasteiger partial charge >= 0.3 is 0 Å². The van der Waals surface area contributed by atoms with Crippen LogP contribution in [0.5, 0.6) is 11.5 Å². The third-order valence-electron chi connectivity index (χ3n) is 5.85. The Kier molecular flexibility index (Phi) is 6.18. The summed E-state index contributed by atoms with van der Waals surface area (Å²) in [6.45, 7) is 2.06. The second kappa shape index (κ2) is 9.20. The maximum atomic E-state index is 13.3. The lowest BCUT2D eigenvalue weighted by Crippen LogP contribution is -2.29. The predicted octanol–water partition coefficient (Wildman–Crippen LogP) is 4.89. The van der Waals surface area contributed by atoms with Crippen molar-refractivity contribution in [1.82, 2.24) is 0 Å². The SMILES string of the molecule is CCc1ccc(C2/C(=C(/O)c3ccc(OC)cc3OC)C(=O)C(=O)N2c2ccccc2)cc1. The Balaban J connectivity index is 1.94. The number of aliphatic hydroxyl groups excluding tert-OH is 1. The fourth-order valence-electron chi connectivity index (χ4n) is 4.08. The van der Waals surface area contributed by atoms with Gasteiger partial charge in [-0.15, -0.1) is 0 Å². The zero-order valence-electron chi connectivity index (χ0n) is 18.7. The molecule has 6 nitrogen and oxygen atoms in total. The Bertz CT molecular complexity index is 1220. The van der Waals surface area contributed by atoms with Gasteiger partial charge in [0.15, 0.2) is 0 Å². The zero-order chi connectivity index (χ0) is 23.5. The first-order chi connectivity index (χ1) is 16.0. The topological polar surface area (TPSA) is 76.1 Å². The highest BCUT2D eigenvalue weighted by atomic mass is 16.5. The van der Waals surface area contributed by atoms with Gasteiger partial charge in [-0.1, -0.05) is 49.4 Å². The molecule has 0 aromatic heterocycles. The minimum Gasteiger partial charge on any atom is -0.507 e. The molecule has 4 rings (SSSR count). The number of Topliss-reactive ketones (excluding diaryl/α,β-unsaturated/α-hetero) is 1. The number of carbonyl (C=O) groups is 2. The van der Waals surface area contributed by atoms with Gasteiger partial charge in [0.25, 0.3) is 11.7 Å². The van der Waals surface area contributed by atoms with E-state index in [4.69, 9.17) is 9.47 Å². The van der Waals surface area contributed by atoms with E-state index in [1.807, 2.05) is 30.3 Å². The molecule has 0 saturated carbocycles. The van der Waals surface area contributed by atoms with Gasteiger partial charge in [0.2, 0.25) is 0 Å². The molecule has 3 aromatic carbocycles. The van der Waals surface area contributed by atoms with Crippen molar-refractivity contribution in [3.05, 3.63) is 95.1 Å². The van der Waals surface area contributed by atoms with E-state index < -0.39 is 17.7 Å². The molecule has 1 N–H and O–H groups in total. The van der Waals surface area contributed by atoms with E-state index in [2.05, 4.69) is 6.92 Å². The van der Waals surface area contributed by atoms with E-state index in [1.54, 1.807) is 42.5 Å². The molecule has 6 heteroatoms. The van der Waals surface area contributed by atoms with Crippen LogP contribution in [0.2, 0.25) is 0 Å². The number of aryl methyl sites for hydroxylation is 1. The molecule has 1 heterocycles. The van der Waals surface area contributed by atoms with Gasteiger partial charge in [0, 0.05) is 11.8 Å². The average Bonchev–Trinajstić information content (AvgIpc) is 3.14. The lowest BCUT2D eigenvalue weighted by molar-refractivity contribution is -0.132. The van der Waals surface area contributed by atoms with Crippen molar-refractivity contribution >= 4 is 23.1 Å². The number of hydrogen-bond acceptors (Lipinski definition) is 5. The van der Waals surface area contributed by atoms with E-state index in [0.717, 1.165) is 17.5 Å². The number of amides is 1. The monoisotopic (exact) mass is 443 g/mol. The van der Waals surface area contributed by atoms with E-state index in [0.29, 0.717) is 22.7 Å². The van der Waals surface area contributed by atoms with E-state index in [1.165, 1.54) is 19.1 Å². The average molecular weight is 443 g/mol. The highest BCUT2D eigenvalue weighted by molar-refractivity contribution is 6.51. The fraction of sp³-hybridized carbons (Fsp3) is 0.185. The zero-order valence-corrected chi connectivity index (χ0v) is 18.7. The number of methoxy groups -OCH3 is 2. The van der Waals surface area contributed by atoms with Crippen LogP contribution in [0, 0.1) is 0 Å². The molecule has 1 atom stereocenters. The van der Waals surface area contributed by atoms with Crippen LogP contribution in [0.1, 0.15) is 29.7 Å². The maximum Gasteiger partial charge on any atom is 0.300 e. The van der Waals surface area contributed by atoms with Crippen LogP contribution >= 0.6 is 0 Å². The molecule has 33 heavy (non-hydrogen) atoms. The van der Waals surface area contributed by atoms with Crippen molar-refractivity contribution < 1.29 is 24.2 Å². The van der Waals surface area contributed by atoms with Crippen molar-refractivity contribution in [1.29, 1.82) is 0 Å². The molecule has 0 spiro atoms. The minimum atomic E-state index is -0.787. The number of para-hydroxylation sites is 1. The third kappa shape index (κ3) is 3.96. The Labute approximate surface area is 192 Å². The molecule has 0 aliphatic carbocycles. The minimum absolute atomic E-state index is 0.0107. The lowest BCUT2D eigenvalue weighted by Gasteiger charge is -2.25. The summed E-state index contributed by atoms with van der Waals surface area (Å²) in [6.07, 6.45) is 0.863. The maximum absolute atomic E-state index is 13.3. The molecule has 168 valence electrons. The van der Waals surface area contributed by atoms with Crippen molar-refractivity contribution in [3.8, 4) is 11.5 Å². The summed E-state index contributed by atoms with van der Waals surface area (Å²) in [6, 6.07) is 20.8. The summed E-state index contributed by atoms with van der Waals surface area (Å²) < 4.78 is 10.7. The Morgan fingerprint density at radius 1 is 0.939 bits per heavy atom. The molecular formula is C27H25NO5. The fourth-order valence-corrected chi connectivity index (χ4v) is 4.08. The van der Waals surface area contributed by atoms with Crippen LogP contribution in [0.4, 0.5) is 5.69 Å². The molecule has 1 aliphatic rings. The van der Waals surface area contributed by atoms with Crippen LogP contribution in [0.25, 0.3) is 5.76 Å². The largest absolute Gasteiger partial charge is 0.507 e. The standard InChI is InChI=1S/C27H25NO5/c1-4-17-10-12-18(13-11-17)24-23(25(29)21-15-14-20(32-2)16-22(21)33-3)26(30)27(31)28(24)19-8-6-5-7-9-19/h5-16,24,29H,4H2,1-3H3/b25-23-. The molecule has 0 bridgehead atoms. The molecule has 0 radical (unpaired) electrons. The van der Waals surface area contributed by atoms with Gasteiger partial charge in [-0.2, -0.15) is 0 Å². The highest BCUT2D eigenvalue weighted by Crippen LogP contribution is 2.43. The summed E-state index contributed by atoms with van der Waals surface area (Å²) in [5, 5.41) is 11.3. The number of nitrogens with zero attached hydrogens (tertiary/aromatic N) is 1. The molecule has 3 aromatic rings. The summed E-state index contributed by atoms with van der Waals surface area (Å²) >= 11 is 0. The molecule has 1 amide bonds. The first-order valence-electron chi connectivity index (χ1n) is 10.7. The Morgan fingerprint density at radius 3 is 2.24 bits per heavy atom. The summed E-state index contributed by atoms with van der Waals surface area (Å²) in [7, 11) is 2.99. The number of anilines is 1. The lowest BCUT2D eigenvalue weighted by atomic mass is 9.94. The van der Waals surface area contributed by atoms with Crippen molar-refractivity contribution in [2.24, 2.45) is 0 Å². The van der Waals surface area contributed by atoms with Crippen LogP contribution in [-0.2, 0) is 16.0 Å². The van der Waals surface area contributed by atoms with Gasteiger partial charge in [-0.05, 0) is 41.8 Å². The summed E-state index contributed by atoms with van der Waals surface area (Å²) in [5.41, 5.74) is 2.75. The van der Waals surface area contributed by atoms with E-state index in [-0.39, 0.29) is 11.3 Å². The number of ether oxygens (including phenoxy) is 2. The van der Waals surface area contributed by atoms with E-state index >= 15 is 0 Å². The predicted molar refractivity (Wildman–Crippen MR) is 127 cm³/mol. The van der Waals surface area contributed by atoms with Gasteiger partial charge in [-0.25, -0.2) is 0 Å². The Morgan fingerprint density at radius 2 is 1.64 bits per heavy atom. The molecule has 1 fully saturated rings.